The highest BCUT2D eigenvalue weighted by Gasteiger charge is 2.17. The van der Waals surface area contributed by atoms with Gasteiger partial charge in [-0.1, -0.05) is 48.5 Å². The highest BCUT2D eigenvalue weighted by Crippen LogP contribution is 2.25. The van der Waals surface area contributed by atoms with Crippen LogP contribution in [0.3, 0.4) is 0 Å². The summed E-state index contributed by atoms with van der Waals surface area (Å²) in [5, 5.41) is 5.59. The zero-order valence-electron chi connectivity index (χ0n) is 22.8. The summed E-state index contributed by atoms with van der Waals surface area (Å²) < 4.78 is 11.0. The molecule has 4 aromatic rings. The normalized spacial score (nSPS) is 10.9. The van der Waals surface area contributed by atoms with Crippen LogP contribution in [0.1, 0.15) is 33.2 Å². The van der Waals surface area contributed by atoms with E-state index in [9.17, 15) is 14.4 Å². The predicted octanol–water partition coefficient (Wildman–Crippen LogP) is 6.48. The number of hydrogen-bond donors (Lipinski definition) is 2. The van der Waals surface area contributed by atoms with Gasteiger partial charge in [-0.05, 0) is 67.6 Å². The lowest BCUT2D eigenvalue weighted by atomic mass is 10.1. The molecule has 2 N–H and O–H groups in total. The molecule has 0 bridgehead atoms. The molecule has 0 fully saturated rings. The SMILES string of the molecule is CCOc1ccccc1/C=C(\NC(=O)c1ccccc1)C(=O)Nc1ccc(SCC(=O)c2ccccc2OC)cc1. The van der Waals surface area contributed by atoms with E-state index >= 15 is 0 Å². The van der Waals surface area contributed by atoms with Crippen LogP contribution in [0.25, 0.3) is 6.08 Å². The molecule has 4 aromatic carbocycles. The summed E-state index contributed by atoms with van der Waals surface area (Å²) in [6, 6.07) is 30.2. The van der Waals surface area contributed by atoms with Crippen LogP contribution < -0.4 is 20.1 Å². The van der Waals surface area contributed by atoms with E-state index in [2.05, 4.69) is 10.6 Å². The first-order chi connectivity index (χ1) is 20.0. The Morgan fingerprint density at radius 1 is 0.805 bits per heavy atom. The Morgan fingerprint density at radius 2 is 1.46 bits per heavy atom. The molecule has 0 radical (unpaired) electrons. The first-order valence-electron chi connectivity index (χ1n) is 13.0. The van der Waals surface area contributed by atoms with Crippen molar-refractivity contribution in [3.63, 3.8) is 0 Å². The summed E-state index contributed by atoms with van der Waals surface area (Å²) >= 11 is 1.39. The molecular formula is C33H30N2O5S. The van der Waals surface area contributed by atoms with Gasteiger partial charge in [0.25, 0.3) is 11.8 Å². The molecule has 0 saturated heterocycles. The maximum absolute atomic E-state index is 13.4. The van der Waals surface area contributed by atoms with Crippen molar-refractivity contribution in [3.05, 3.63) is 126 Å². The number of rotatable bonds is 12. The van der Waals surface area contributed by atoms with E-state index in [1.807, 2.05) is 49.4 Å². The number of benzene rings is 4. The number of thioether (sulfide) groups is 1. The molecule has 0 aliphatic heterocycles. The zero-order chi connectivity index (χ0) is 29.0. The van der Waals surface area contributed by atoms with Crippen LogP contribution in [-0.2, 0) is 4.79 Å². The first-order valence-corrected chi connectivity index (χ1v) is 14.0. The fraction of sp³-hybridized carbons (Fsp3) is 0.121. The van der Waals surface area contributed by atoms with E-state index in [4.69, 9.17) is 9.47 Å². The van der Waals surface area contributed by atoms with Crippen molar-refractivity contribution in [1.82, 2.24) is 5.32 Å². The summed E-state index contributed by atoms with van der Waals surface area (Å²) in [5.74, 6) is 0.436. The molecule has 8 heteroatoms. The second-order valence-electron chi connectivity index (χ2n) is 8.74. The largest absolute Gasteiger partial charge is 0.496 e. The molecule has 0 aliphatic rings. The lowest BCUT2D eigenvalue weighted by Crippen LogP contribution is -2.30. The van der Waals surface area contributed by atoms with Gasteiger partial charge >= 0.3 is 0 Å². The molecule has 0 saturated carbocycles. The number of carbonyl (C=O) groups is 3. The van der Waals surface area contributed by atoms with Crippen molar-refractivity contribution in [2.24, 2.45) is 0 Å². The van der Waals surface area contributed by atoms with Gasteiger partial charge in [-0.15, -0.1) is 11.8 Å². The monoisotopic (exact) mass is 566 g/mol. The van der Waals surface area contributed by atoms with Crippen LogP contribution >= 0.6 is 11.8 Å². The smallest absolute Gasteiger partial charge is 0.272 e. The Kier molecular flexibility index (Phi) is 10.3. The fourth-order valence-corrected chi connectivity index (χ4v) is 4.70. The lowest BCUT2D eigenvalue weighted by molar-refractivity contribution is -0.113. The van der Waals surface area contributed by atoms with E-state index in [1.165, 1.54) is 18.9 Å². The summed E-state index contributed by atoms with van der Waals surface area (Å²) in [6.45, 7) is 2.33. The molecule has 41 heavy (non-hydrogen) atoms. The lowest BCUT2D eigenvalue weighted by Gasteiger charge is -2.13. The molecule has 0 aromatic heterocycles. The van der Waals surface area contributed by atoms with Crippen LogP contribution in [0.2, 0.25) is 0 Å². The minimum Gasteiger partial charge on any atom is -0.496 e. The Balaban J connectivity index is 1.48. The number of methoxy groups -OCH3 is 1. The standard InChI is InChI=1S/C33H30N2O5S/c1-3-40-30-15-9-7-13-24(30)21-28(35-32(37)23-11-5-4-6-12-23)33(38)34-25-17-19-26(20-18-25)41-22-29(36)27-14-8-10-16-31(27)39-2/h4-21H,3,22H2,1-2H3,(H,34,38)(H,35,37)/b28-21-. The summed E-state index contributed by atoms with van der Waals surface area (Å²) in [5.41, 5.74) is 2.21. The molecule has 2 amide bonds. The molecule has 0 atom stereocenters. The van der Waals surface area contributed by atoms with Crippen molar-refractivity contribution in [2.45, 2.75) is 11.8 Å². The minimum atomic E-state index is -0.493. The third kappa shape index (κ3) is 8.09. The van der Waals surface area contributed by atoms with Crippen LogP contribution in [0.15, 0.2) is 114 Å². The van der Waals surface area contributed by atoms with Crippen LogP contribution in [0.4, 0.5) is 5.69 Å². The summed E-state index contributed by atoms with van der Waals surface area (Å²) in [7, 11) is 1.54. The predicted molar refractivity (Wildman–Crippen MR) is 163 cm³/mol. The second-order valence-corrected chi connectivity index (χ2v) is 9.79. The van der Waals surface area contributed by atoms with Crippen LogP contribution in [0, 0.1) is 0 Å². The molecular weight excluding hydrogens is 536 g/mol. The fourth-order valence-electron chi connectivity index (χ4n) is 3.92. The average molecular weight is 567 g/mol. The third-order valence-electron chi connectivity index (χ3n) is 5.94. The van der Waals surface area contributed by atoms with Crippen LogP contribution in [0.5, 0.6) is 11.5 Å². The summed E-state index contributed by atoms with van der Waals surface area (Å²) in [6.07, 6.45) is 1.59. The van der Waals surface area contributed by atoms with Crippen molar-refractivity contribution in [3.8, 4) is 11.5 Å². The van der Waals surface area contributed by atoms with E-state index in [0.29, 0.717) is 40.5 Å². The molecule has 0 aliphatic carbocycles. The van der Waals surface area contributed by atoms with Gasteiger partial charge in [0.2, 0.25) is 0 Å². The van der Waals surface area contributed by atoms with Gasteiger partial charge in [0.1, 0.15) is 17.2 Å². The van der Waals surface area contributed by atoms with Crippen molar-refractivity contribution >= 4 is 41.1 Å². The van der Waals surface area contributed by atoms with E-state index in [-0.39, 0.29) is 17.2 Å². The number of para-hydroxylation sites is 2. The molecule has 4 rings (SSSR count). The number of carbonyl (C=O) groups excluding carboxylic acids is 3. The number of ketones is 1. The van der Waals surface area contributed by atoms with E-state index in [0.717, 1.165) is 4.90 Å². The maximum Gasteiger partial charge on any atom is 0.272 e. The van der Waals surface area contributed by atoms with Gasteiger partial charge in [-0.2, -0.15) is 0 Å². The Hall–Kier alpha value is -4.82. The topological polar surface area (TPSA) is 93.7 Å². The molecule has 7 nitrogen and oxygen atoms in total. The quantitative estimate of drug-likeness (QED) is 0.116. The van der Waals surface area contributed by atoms with E-state index in [1.54, 1.807) is 66.7 Å². The zero-order valence-corrected chi connectivity index (χ0v) is 23.6. The third-order valence-corrected chi connectivity index (χ3v) is 6.95. The number of ether oxygens (including phenoxy) is 2. The minimum absolute atomic E-state index is 0.0406. The van der Waals surface area contributed by atoms with Gasteiger partial charge in [0.15, 0.2) is 5.78 Å². The number of nitrogens with one attached hydrogen (secondary N) is 2. The Labute approximate surface area is 243 Å². The van der Waals surface area contributed by atoms with Gasteiger partial charge < -0.3 is 20.1 Å². The first kappa shape index (κ1) is 29.2. The Bertz CT molecular complexity index is 1540. The summed E-state index contributed by atoms with van der Waals surface area (Å²) in [4.78, 5) is 39.8. The average Bonchev–Trinajstić information content (AvgIpc) is 3.01. The van der Waals surface area contributed by atoms with Gasteiger partial charge in [-0.3, -0.25) is 14.4 Å². The second kappa shape index (κ2) is 14.5. The van der Waals surface area contributed by atoms with Gasteiger partial charge in [0.05, 0.1) is 25.0 Å². The maximum atomic E-state index is 13.4. The van der Waals surface area contributed by atoms with Crippen molar-refractivity contribution in [2.75, 3.05) is 24.8 Å². The number of amides is 2. The van der Waals surface area contributed by atoms with Gasteiger partial charge in [0, 0.05) is 21.7 Å². The van der Waals surface area contributed by atoms with Crippen molar-refractivity contribution < 1.29 is 23.9 Å². The number of hydrogen-bond acceptors (Lipinski definition) is 6. The van der Waals surface area contributed by atoms with Crippen LogP contribution in [-0.4, -0.2) is 37.1 Å². The molecule has 0 spiro atoms. The van der Waals surface area contributed by atoms with Crippen molar-refractivity contribution in [1.29, 1.82) is 0 Å². The van der Waals surface area contributed by atoms with E-state index < -0.39 is 11.8 Å². The highest BCUT2D eigenvalue weighted by molar-refractivity contribution is 8.00. The number of anilines is 1. The molecule has 0 heterocycles. The highest BCUT2D eigenvalue weighted by atomic mass is 32.2. The molecule has 0 unspecified atom stereocenters. The van der Waals surface area contributed by atoms with Gasteiger partial charge in [-0.25, -0.2) is 0 Å². The number of Topliss-reactive ketones (excluding diaryl/α,β-unsaturated/α-hetero) is 1. The Morgan fingerprint density at radius 3 is 2.17 bits per heavy atom. The molecule has 208 valence electrons.